The van der Waals surface area contributed by atoms with Crippen molar-refractivity contribution in [1.29, 1.82) is 5.26 Å². The van der Waals surface area contributed by atoms with Crippen molar-refractivity contribution in [2.45, 2.75) is 0 Å². The van der Waals surface area contributed by atoms with E-state index in [1.54, 1.807) is 12.4 Å². The number of benzene rings is 3. The van der Waals surface area contributed by atoms with Crippen LogP contribution in [0.3, 0.4) is 0 Å². The third-order valence-corrected chi connectivity index (χ3v) is 6.68. The van der Waals surface area contributed by atoms with E-state index < -0.39 is 0 Å². The summed E-state index contributed by atoms with van der Waals surface area (Å²) in [6, 6.07) is 28.4. The molecule has 4 aromatic heterocycles. The molecular formula is C30H16N6. The predicted molar refractivity (Wildman–Crippen MR) is 142 cm³/mol. The summed E-state index contributed by atoms with van der Waals surface area (Å²) in [6.07, 6.45) is 5.41. The highest BCUT2D eigenvalue weighted by molar-refractivity contribution is 6.10. The Morgan fingerprint density at radius 3 is 1.97 bits per heavy atom. The number of para-hydroxylation sites is 2. The van der Waals surface area contributed by atoms with Crippen LogP contribution in [0.25, 0.3) is 59.8 Å². The first kappa shape index (κ1) is 20.0. The normalized spacial score (nSPS) is 11.3. The molecule has 3 aromatic carbocycles. The summed E-state index contributed by atoms with van der Waals surface area (Å²) in [4.78, 5) is 12.3. The average Bonchev–Trinajstić information content (AvgIpc) is 3.45. The number of pyridine rings is 2. The van der Waals surface area contributed by atoms with Crippen LogP contribution in [0, 0.1) is 17.9 Å². The van der Waals surface area contributed by atoms with Gasteiger partial charge in [-0.3, -0.25) is 4.98 Å². The topological polar surface area (TPSA) is 63.8 Å². The first-order chi connectivity index (χ1) is 17.8. The van der Waals surface area contributed by atoms with Crippen molar-refractivity contribution in [2.24, 2.45) is 0 Å². The minimum Gasteiger partial charge on any atom is -0.361 e. The zero-order valence-corrected chi connectivity index (χ0v) is 18.9. The van der Waals surface area contributed by atoms with Gasteiger partial charge in [0.25, 0.3) is 5.82 Å². The third-order valence-electron chi connectivity index (χ3n) is 6.68. The molecule has 0 aliphatic heterocycles. The maximum absolute atomic E-state index is 9.98. The van der Waals surface area contributed by atoms with Crippen LogP contribution in [0.5, 0.6) is 0 Å². The van der Waals surface area contributed by atoms with Gasteiger partial charge in [-0.15, -0.1) is 4.98 Å². The Labute approximate surface area is 205 Å². The van der Waals surface area contributed by atoms with E-state index in [2.05, 4.69) is 60.3 Å². The standard InChI is InChI=1S/C30H16N6/c1-32-30-15-25-23-7-3-5-9-27(23)36(29(25)18-34-30)21-13-19(16-31)12-20(14-21)35-26-8-4-2-6-22(26)24-10-11-33-17-28(24)35/h2-15,17-18H. The second kappa shape index (κ2) is 7.53. The highest BCUT2D eigenvalue weighted by Gasteiger charge is 2.17. The second-order valence-electron chi connectivity index (χ2n) is 8.62. The SMILES string of the molecule is [C-]#[N+]c1cc2c3ccccc3n(-c3cc(C#N)cc(-n4c5ccccc5c5ccncc54)c3)c2cn1. The molecule has 0 saturated heterocycles. The number of rotatable bonds is 2. The van der Waals surface area contributed by atoms with Gasteiger partial charge in [-0.2, -0.15) is 5.26 Å². The van der Waals surface area contributed by atoms with Crippen molar-refractivity contribution >= 4 is 49.4 Å². The molecule has 0 atom stereocenters. The van der Waals surface area contributed by atoms with Gasteiger partial charge in [0.2, 0.25) is 0 Å². The van der Waals surface area contributed by atoms with Gasteiger partial charge in [-0.25, -0.2) is 0 Å². The van der Waals surface area contributed by atoms with E-state index >= 15 is 0 Å². The molecule has 7 aromatic rings. The van der Waals surface area contributed by atoms with E-state index in [1.807, 2.05) is 54.7 Å². The summed E-state index contributed by atoms with van der Waals surface area (Å²) in [5.74, 6) is 0.356. The molecule has 0 fully saturated rings. The summed E-state index contributed by atoms with van der Waals surface area (Å²) in [5.41, 5.74) is 6.17. The molecule has 0 amide bonds. The minimum absolute atomic E-state index is 0.356. The lowest BCUT2D eigenvalue weighted by molar-refractivity contribution is 1.12. The molecule has 0 aliphatic rings. The lowest BCUT2D eigenvalue weighted by atomic mass is 10.1. The highest BCUT2D eigenvalue weighted by atomic mass is 15.0. The lowest BCUT2D eigenvalue weighted by Gasteiger charge is -2.13. The summed E-state index contributed by atoms with van der Waals surface area (Å²) in [5, 5.41) is 14.2. The Bertz CT molecular complexity index is 2030. The van der Waals surface area contributed by atoms with Crippen LogP contribution in [-0.2, 0) is 0 Å². The average molecular weight is 461 g/mol. The Balaban J connectivity index is 1.59. The summed E-state index contributed by atoms with van der Waals surface area (Å²) >= 11 is 0. The number of aromatic nitrogens is 4. The molecule has 6 nitrogen and oxygen atoms in total. The van der Waals surface area contributed by atoms with Gasteiger partial charge in [0, 0.05) is 39.1 Å². The fourth-order valence-electron chi connectivity index (χ4n) is 5.21. The molecule has 0 N–H and O–H groups in total. The van der Waals surface area contributed by atoms with Gasteiger partial charge in [-0.05, 0) is 42.5 Å². The Kier molecular flexibility index (Phi) is 4.17. The largest absolute Gasteiger partial charge is 0.361 e. The van der Waals surface area contributed by atoms with E-state index in [1.165, 1.54) is 0 Å². The maximum atomic E-state index is 9.98. The molecular weight excluding hydrogens is 444 g/mol. The molecule has 0 saturated carbocycles. The molecule has 166 valence electrons. The summed E-state index contributed by atoms with van der Waals surface area (Å²) < 4.78 is 4.27. The minimum atomic E-state index is 0.356. The molecule has 0 radical (unpaired) electrons. The number of nitriles is 1. The molecule has 0 bridgehead atoms. The number of nitrogens with zero attached hydrogens (tertiary/aromatic N) is 6. The van der Waals surface area contributed by atoms with Gasteiger partial charge in [0.15, 0.2) is 0 Å². The van der Waals surface area contributed by atoms with E-state index in [4.69, 9.17) is 6.57 Å². The Hall–Kier alpha value is -5.46. The van der Waals surface area contributed by atoms with Crippen molar-refractivity contribution in [3.8, 4) is 17.4 Å². The molecule has 0 spiro atoms. The quantitative estimate of drug-likeness (QED) is 0.259. The van der Waals surface area contributed by atoms with Crippen molar-refractivity contribution in [2.75, 3.05) is 0 Å². The van der Waals surface area contributed by atoms with Crippen LogP contribution >= 0.6 is 0 Å². The fourth-order valence-corrected chi connectivity index (χ4v) is 5.21. The van der Waals surface area contributed by atoms with Gasteiger partial charge in [-0.1, -0.05) is 43.0 Å². The monoisotopic (exact) mass is 460 g/mol. The number of hydrogen-bond donors (Lipinski definition) is 0. The lowest BCUT2D eigenvalue weighted by Crippen LogP contribution is -2.00. The molecule has 4 heterocycles. The van der Waals surface area contributed by atoms with Gasteiger partial charge in [0.05, 0.1) is 39.9 Å². The zero-order valence-electron chi connectivity index (χ0n) is 18.9. The zero-order chi connectivity index (χ0) is 24.2. The van der Waals surface area contributed by atoms with Gasteiger partial charge >= 0.3 is 0 Å². The van der Waals surface area contributed by atoms with Crippen molar-refractivity contribution in [3.63, 3.8) is 0 Å². The van der Waals surface area contributed by atoms with E-state index in [9.17, 15) is 5.26 Å². The van der Waals surface area contributed by atoms with E-state index in [0.717, 1.165) is 55.0 Å². The fraction of sp³-hybridized carbons (Fsp3) is 0. The van der Waals surface area contributed by atoms with Crippen molar-refractivity contribution < 1.29 is 0 Å². The molecule has 0 aliphatic carbocycles. The Morgan fingerprint density at radius 2 is 1.31 bits per heavy atom. The van der Waals surface area contributed by atoms with E-state index in [-0.39, 0.29) is 0 Å². The van der Waals surface area contributed by atoms with Crippen molar-refractivity contribution in [3.05, 3.63) is 114 Å². The second-order valence-corrected chi connectivity index (χ2v) is 8.62. The Morgan fingerprint density at radius 1 is 0.694 bits per heavy atom. The van der Waals surface area contributed by atoms with Crippen LogP contribution in [0.4, 0.5) is 5.82 Å². The first-order valence-electron chi connectivity index (χ1n) is 11.4. The van der Waals surface area contributed by atoms with Gasteiger partial charge in [0.1, 0.15) is 6.20 Å². The van der Waals surface area contributed by atoms with Crippen molar-refractivity contribution in [1.82, 2.24) is 19.1 Å². The van der Waals surface area contributed by atoms with Crippen LogP contribution in [-0.4, -0.2) is 19.1 Å². The van der Waals surface area contributed by atoms with Crippen LogP contribution in [0.1, 0.15) is 5.56 Å². The van der Waals surface area contributed by atoms with Crippen LogP contribution < -0.4 is 0 Å². The number of fused-ring (bicyclic) bond motifs is 6. The van der Waals surface area contributed by atoms with Crippen LogP contribution in [0.15, 0.2) is 97.5 Å². The first-order valence-corrected chi connectivity index (χ1v) is 11.4. The highest BCUT2D eigenvalue weighted by Crippen LogP contribution is 2.36. The maximum Gasteiger partial charge on any atom is 0.270 e. The van der Waals surface area contributed by atoms with Gasteiger partial charge < -0.3 is 14.0 Å². The molecule has 6 heteroatoms. The van der Waals surface area contributed by atoms with Crippen LogP contribution in [0.2, 0.25) is 0 Å². The van der Waals surface area contributed by atoms with E-state index in [0.29, 0.717) is 11.4 Å². The molecule has 7 rings (SSSR count). The summed E-state index contributed by atoms with van der Waals surface area (Å²) in [7, 11) is 0. The predicted octanol–water partition coefficient (Wildman–Crippen LogP) is 7.09. The smallest absolute Gasteiger partial charge is 0.270 e. The number of hydrogen-bond acceptors (Lipinski definition) is 3. The summed E-state index contributed by atoms with van der Waals surface area (Å²) in [6.45, 7) is 7.40. The molecule has 36 heavy (non-hydrogen) atoms. The third kappa shape index (κ3) is 2.76. The molecule has 0 unspecified atom stereocenters.